The monoisotopic (exact) mass is 292 g/mol. The fraction of sp³-hybridized carbons (Fsp3) is 0.450. The van der Waals surface area contributed by atoms with Gasteiger partial charge in [-0.3, -0.25) is 0 Å². The van der Waals surface area contributed by atoms with Gasteiger partial charge in [0.1, 0.15) is 0 Å². The summed E-state index contributed by atoms with van der Waals surface area (Å²) in [5, 5.41) is 9.41. The van der Waals surface area contributed by atoms with E-state index < -0.39 is 0 Å². The second-order valence-corrected chi connectivity index (χ2v) is 6.95. The Morgan fingerprint density at radius 1 is 0.955 bits per heavy atom. The van der Waals surface area contributed by atoms with Crippen LogP contribution in [-0.2, 0) is 32.2 Å². The highest BCUT2D eigenvalue weighted by molar-refractivity contribution is 5.39. The fourth-order valence-corrected chi connectivity index (χ4v) is 4.32. The Morgan fingerprint density at radius 2 is 1.59 bits per heavy atom. The molecule has 2 aliphatic carbocycles. The van der Waals surface area contributed by atoms with Crippen molar-refractivity contribution in [2.75, 3.05) is 0 Å². The van der Waals surface area contributed by atoms with Gasteiger partial charge in [0.05, 0.1) is 5.36 Å². The molecule has 22 heavy (non-hydrogen) atoms. The number of aromatic nitrogens is 1. The number of rotatable bonds is 2. The van der Waals surface area contributed by atoms with Crippen molar-refractivity contribution in [2.45, 2.75) is 58.9 Å². The fourth-order valence-electron chi connectivity index (χ4n) is 4.32. The van der Waals surface area contributed by atoms with E-state index >= 15 is 0 Å². The molecule has 0 unspecified atom stereocenters. The summed E-state index contributed by atoms with van der Waals surface area (Å²) in [5.41, 5.74) is 9.73. The minimum absolute atomic E-state index is 0.872. The van der Waals surface area contributed by atoms with Gasteiger partial charge in [-0.15, -0.1) is 0 Å². The van der Waals surface area contributed by atoms with Crippen molar-refractivity contribution in [3.8, 4) is 0 Å². The Labute approximate surface area is 132 Å². The topological polar surface area (TPSA) is 28.8 Å². The Kier molecular flexibility index (Phi) is 3.21. The number of nitrogens with zero attached hydrogens (tertiary/aromatic N) is 1. The van der Waals surface area contributed by atoms with Crippen molar-refractivity contribution in [1.29, 1.82) is 5.41 Å². The zero-order chi connectivity index (χ0) is 15.3. The Morgan fingerprint density at radius 3 is 2.18 bits per heavy atom. The molecule has 0 saturated heterocycles. The van der Waals surface area contributed by atoms with Crippen molar-refractivity contribution in [3.63, 3.8) is 0 Å². The molecule has 1 aromatic heterocycles. The van der Waals surface area contributed by atoms with Crippen LogP contribution in [0.15, 0.2) is 18.2 Å². The second kappa shape index (κ2) is 5.12. The number of benzene rings is 1. The van der Waals surface area contributed by atoms with E-state index in [1.54, 1.807) is 0 Å². The van der Waals surface area contributed by atoms with Crippen molar-refractivity contribution in [3.05, 3.63) is 62.8 Å². The highest BCUT2D eigenvalue weighted by Crippen LogP contribution is 2.28. The molecule has 1 N–H and O–H groups in total. The predicted molar refractivity (Wildman–Crippen MR) is 89.4 cm³/mol. The smallest absolute Gasteiger partial charge is 0.0638 e. The third-order valence-corrected chi connectivity index (χ3v) is 5.46. The van der Waals surface area contributed by atoms with E-state index in [0.717, 1.165) is 37.6 Å². The first-order valence-corrected chi connectivity index (χ1v) is 8.52. The Hall–Kier alpha value is -1.83. The lowest BCUT2D eigenvalue weighted by Crippen LogP contribution is -2.23. The zero-order valence-corrected chi connectivity index (χ0v) is 13.6. The molecule has 1 heterocycles. The molecule has 0 radical (unpaired) electrons. The summed E-state index contributed by atoms with van der Waals surface area (Å²) in [6, 6.07) is 6.80. The molecular weight excluding hydrogens is 268 g/mol. The molecular formula is C20H24N2. The first kappa shape index (κ1) is 13.8. The SMILES string of the molecule is Cc1ccc(Cn2c3c(c(=N)c4c2CCC4)CCC3)c(C)c1. The molecule has 1 aromatic carbocycles. The maximum absolute atomic E-state index is 8.54. The van der Waals surface area contributed by atoms with Crippen LogP contribution in [0.25, 0.3) is 0 Å². The molecule has 2 aliphatic rings. The summed E-state index contributed by atoms with van der Waals surface area (Å²) in [5.74, 6) is 0. The second-order valence-electron chi connectivity index (χ2n) is 6.95. The van der Waals surface area contributed by atoms with Gasteiger partial charge in [-0.2, -0.15) is 0 Å². The molecule has 2 aromatic rings. The molecule has 0 saturated carbocycles. The average Bonchev–Trinajstić information content (AvgIpc) is 3.14. The summed E-state index contributed by atoms with van der Waals surface area (Å²) < 4.78 is 2.57. The minimum atomic E-state index is 0.872. The lowest BCUT2D eigenvalue weighted by Gasteiger charge is -2.20. The van der Waals surface area contributed by atoms with Gasteiger partial charge in [-0.25, -0.2) is 0 Å². The molecule has 0 atom stereocenters. The van der Waals surface area contributed by atoms with Crippen LogP contribution in [0.3, 0.4) is 0 Å². The van der Waals surface area contributed by atoms with Crippen molar-refractivity contribution < 1.29 is 0 Å². The van der Waals surface area contributed by atoms with Crippen LogP contribution in [0.1, 0.15) is 52.0 Å². The number of fused-ring (bicyclic) bond motifs is 2. The average molecular weight is 292 g/mol. The highest BCUT2D eigenvalue weighted by Gasteiger charge is 2.25. The number of pyridine rings is 1. The molecule has 4 rings (SSSR count). The van der Waals surface area contributed by atoms with Crippen LogP contribution in [0.4, 0.5) is 0 Å². The van der Waals surface area contributed by atoms with Crippen LogP contribution >= 0.6 is 0 Å². The molecule has 0 spiro atoms. The Bertz CT molecular complexity index is 773. The maximum atomic E-state index is 8.54. The summed E-state index contributed by atoms with van der Waals surface area (Å²) in [7, 11) is 0. The van der Waals surface area contributed by atoms with E-state index in [1.165, 1.54) is 52.0 Å². The quantitative estimate of drug-likeness (QED) is 0.876. The van der Waals surface area contributed by atoms with E-state index in [0.29, 0.717) is 0 Å². The normalized spacial score (nSPS) is 15.9. The maximum Gasteiger partial charge on any atom is 0.0638 e. The molecule has 0 aliphatic heterocycles. The molecule has 114 valence electrons. The predicted octanol–water partition coefficient (Wildman–Crippen LogP) is 3.61. The summed E-state index contributed by atoms with van der Waals surface area (Å²) in [4.78, 5) is 0. The third kappa shape index (κ3) is 2.05. The Balaban J connectivity index is 1.87. The van der Waals surface area contributed by atoms with Crippen molar-refractivity contribution >= 4 is 0 Å². The molecule has 0 fully saturated rings. The first-order valence-electron chi connectivity index (χ1n) is 8.52. The van der Waals surface area contributed by atoms with Gasteiger partial charge in [0.25, 0.3) is 0 Å². The van der Waals surface area contributed by atoms with Gasteiger partial charge >= 0.3 is 0 Å². The molecule has 0 bridgehead atoms. The van der Waals surface area contributed by atoms with Gasteiger partial charge < -0.3 is 9.98 Å². The highest BCUT2D eigenvalue weighted by atomic mass is 15.0. The van der Waals surface area contributed by atoms with E-state index in [1.807, 2.05) is 0 Å². The summed E-state index contributed by atoms with van der Waals surface area (Å²) in [6.45, 7) is 5.37. The molecule has 0 amide bonds. The largest absolute Gasteiger partial charge is 0.344 e. The van der Waals surface area contributed by atoms with Crippen LogP contribution in [0.2, 0.25) is 0 Å². The van der Waals surface area contributed by atoms with E-state index in [-0.39, 0.29) is 0 Å². The van der Waals surface area contributed by atoms with Crippen LogP contribution in [-0.4, -0.2) is 4.57 Å². The minimum Gasteiger partial charge on any atom is -0.344 e. The summed E-state index contributed by atoms with van der Waals surface area (Å²) >= 11 is 0. The number of nitrogens with one attached hydrogen (secondary N) is 1. The van der Waals surface area contributed by atoms with E-state index in [4.69, 9.17) is 5.41 Å². The van der Waals surface area contributed by atoms with E-state index in [2.05, 4.69) is 36.6 Å². The van der Waals surface area contributed by atoms with Crippen LogP contribution < -0.4 is 5.36 Å². The number of aryl methyl sites for hydroxylation is 2. The van der Waals surface area contributed by atoms with Gasteiger partial charge in [0.15, 0.2) is 0 Å². The van der Waals surface area contributed by atoms with Crippen molar-refractivity contribution in [1.82, 2.24) is 4.57 Å². The zero-order valence-electron chi connectivity index (χ0n) is 13.6. The van der Waals surface area contributed by atoms with Gasteiger partial charge in [-0.05, 0) is 74.6 Å². The summed E-state index contributed by atoms with van der Waals surface area (Å²) in [6.07, 6.45) is 6.95. The molecule has 2 nitrogen and oxygen atoms in total. The lowest BCUT2D eigenvalue weighted by molar-refractivity contribution is 0.684. The van der Waals surface area contributed by atoms with Gasteiger partial charge in [0, 0.05) is 17.9 Å². The standard InChI is InChI=1S/C20H24N2/c1-13-9-10-15(14(2)11-13)12-22-18-7-3-5-16(18)20(21)17-6-4-8-19(17)22/h9-11,21H,3-8,12H2,1-2H3. The van der Waals surface area contributed by atoms with Crippen molar-refractivity contribution in [2.24, 2.45) is 0 Å². The van der Waals surface area contributed by atoms with Crippen LogP contribution in [0.5, 0.6) is 0 Å². The molecule has 2 heteroatoms. The first-order chi connectivity index (χ1) is 10.6. The van der Waals surface area contributed by atoms with E-state index in [9.17, 15) is 0 Å². The third-order valence-electron chi connectivity index (χ3n) is 5.46. The number of hydrogen-bond donors (Lipinski definition) is 1. The van der Waals surface area contributed by atoms with Crippen LogP contribution in [0, 0.1) is 19.3 Å². The van der Waals surface area contributed by atoms with Gasteiger partial charge in [0.2, 0.25) is 0 Å². The van der Waals surface area contributed by atoms with Gasteiger partial charge in [-0.1, -0.05) is 23.8 Å². The lowest BCUT2D eigenvalue weighted by atomic mass is 10.0. The number of hydrogen-bond acceptors (Lipinski definition) is 1.